The van der Waals surface area contributed by atoms with Gasteiger partial charge in [0.25, 0.3) is 5.91 Å². The molecule has 0 radical (unpaired) electrons. The molecule has 3 rings (SSSR count). The molecule has 1 heterocycles. The minimum atomic E-state index is -0.727. The van der Waals surface area contributed by atoms with E-state index in [0.717, 1.165) is 11.1 Å². The number of imidazole rings is 1. The molecule has 0 aliphatic rings. The first kappa shape index (κ1) is 15.5. The number of carbonyl (C=O) groups is 2. The van der Waals surface area contributed by atoms with Crippen molar-refractivity contribution in [1.29, 1.82) is 0 Å². The number of esters is 1. The van der Waals surface area contributed by atoms with Crippen LogP contribution >= 0.6 is 0 Å². The van der Waals surface area contributed by atoms with Gasteiger partial charge in [0.05, 0.1) is 7.11 Å². The van der Waals surface area contributed by atoms with Crippen LogP contribution in [0.2, 0.25) is 0 Å². The van der Waals surface area contributed by atoms with Gasteiger partial charge in [0.1, 0.15) is 0 Å². The summed E-state index contributed by atoms with van der Waals surface area (Å²) in [4.78, 5) is 27.3. The number of aromatic nitrogens is 2. The number of nitrogens with two attached hydrogens (primary N) is 1. The standard InChI is InChI=1S/C18H15N3O3/c1-24-18(23)15-11-21(17(20-15)16(19)22)14-9-5-8-13(10-14)12-6-3-2-4-7-12/h2-11H,1H3,(H2,19,22). The zero-order chi connectivity index (χ0) is 17.1. The van der Waals surface area contributed by atoms with E-state index in [-0.39, 0.29) is 11.5 Å². The van der Waals surface area contributed by atoms with E-state index in [9.17, 15) is 9.59 Å². The number of rotatable bonds is 4. The van der Waals surface area contributed by atoms with Crippen molar-refractivity contribution in [2.24, 2.45) is 5.73 Å². The third-order valence-corrected chi connectivity index (χ3v) is 3.55. The molecule has 0 fully saturated rings. The summed E-state index contributed by atoms with van der Waals surface area (Å²) in [5.41, 5.74) is 8.08. The molecule has 1 amide bonds. The van der Waals surface area contributed by atoms with Crippen LogP contribution in [0.15, 0.2) is 60.8 Å². The van der Waals surface area contributed by atoms with E-state index in [2.05, 4.69) is 9.72 Å². The molecule has 1 aromatic heterocycles. The summed E-state index contributed by atoms with van der Waals surface area (Å²) in [5.74, 6) is -1.38. The van der Waals surface area contributed by atoms with Crippen LogP contribution in [0, 0.1) is 0 Å². The third-order valence-electron chi connectivity index (χ3n) is 3.55. The molecular formula is C18H15N3O3. The lowest BCUT2D eigenvalue weighted by atomic mass is 10.1. The summed E-state index contributed by atoms with van der Waals surface area (Å²) in [6, 6.07) is 17.3. The van der Waals surface area contributed by atoms with E-state index < -0.39 is 11.9 Å². The Labute approximate surface area is 138 Å². The molecule has 0 saturated heterocycles. The maximum Gasteiger partial charge on any atom is 0.358 e. The molecule has 24 heavy (non-hydrogen) atoms. The van der Waals surface area contributed by atoms with Gasteiger partial charge in [0.15, 0.2) is 5.69 Å². The summed E-state index contributed by atoms with van der Waals surface area (Å²) in [6.45, 7) is 0. The summed E-state index contributed by atoms with van der Waals surface area (Å²) >= 11 is 0. The van der Waals surface area contributed by atoms with Gasteiger partial charge in [0, 0.05) is 11.9 Å². The largest absolute Gasteiger partial charge is 0.464 e. The van der Waals surface area contributed by atoms with Crippen LogP contribution in [0.4, 0.5) is 0 Å². The van der Waals surface area contributed by atoms with Gasteiger partial charge < -0.3 is 10.5 Å². The monoisotopic (exact) mass is 321 g/mol. The van der Waals surface area contributed by atoms with Gasteiger partial charge in [-0.05, 0) is 23.3 Å². The zero-order valence-electron chi connectivity index (χ0n) is 13.0. The molecule has 0 aliphatic heterocycles. The fourth-order valence-corrected chi connectivity index (χ4v) is 2.42. The van der Waals surface area contributed by atoms with Crippen LogP contribution in [0.5, 0.6) is 0 Å². The normalized spacial score (nSPS) is 10.4. The minimum absolute atomic E-state index is 0.0245. The molecule has 6 heteroatoms. The second kappa shape index (κ2) is 6.37. The van der Waals surface area contributed by atoms with Gasteiger partial charge in [-0.2, -0.15) is 0 Å². The SMILES string of the molecule is COC(=O)c1cn(-c2cccc(-c3ccccc3)c2)c(C(N)=O)n1. The summed E-state index contributed by atoms with van der Waals surface area (Å²) in [7, 11) is 1.25. The Hall–Kier alpha value is -3.41. The predicted molar refractivity (Wildman–Crippen MR) is 88.9 cm³/mol. The maximum atomic E-state index is 11.7. The Morgan fingerprint density at radius 1 is 1.04 bits per heavy atom. The molecule has 0 aliphatic carbocycles. The van der Waals surface area contributed by atoms with Gasteiger partial charge >= 0.3 is 5.97 Å². The lowest BCUT2D eigenvalue weighted by molar-refractivity contribution is 0.0594. The molecule has 2 aromatic carbocycles. The van der Waals surface area contributed by atoms with Gasteiger partial charge in [0.2, 0.25) is 5.82 Å². The number of ether oxygens (including phenoxy) is 1. The minimum Gasteiger partial charge on any atom is -0.464 e. The molecule has 0 atom stereocenters. The first-order valence-electron chi connectivity index (χ1n) is 7.23. The highest BCUT2D eigenvalue weighted by atomic mass is 16.5. The van der Waals surface area contributed by atoms with Crippen molar-refractivity contribution in [3.63, 3.8) is 0 Å². The van der Waals surface area contributed by atoms with Gasteiger partial charge in [-0.15, -0.1) is 0 Å². The van der Waals surface area contributed by atoms with Crippen molar-refractivity contribution in [3.05, 3.63) is 72.3 Å². The van der Waals surface area contributed by atoms with Gasteiger partial charge in [-0.3, -0.25) is 9.36 Å². The molecule has 0 unspecified atom stereocenters. The maximum absolute atomic E-state index is 11.7. The molecule has 3 aromatic rings. The molecule has 120 valence electrons. The molecular weight excluding hydrogens is 306 g/mol. The van der Waals surface area contributed by atoms with Crippen molar-refractivity contribution in [2.75, 3.05) is 7.11 Å². The van der Waals surface area contributed by atoms with Crippen molar-refractivity contribution in [3.8, 4) is 16.8 Å². The van der Waals surface area contributed by atoms with E-state index in [1.54, 1.807) is 0 Å². The van der Waals surface area contributed by atoms with E-state index in [1.165, 1.54) is 17.9 Å². The van der Waals surface area contributed by atoms with Crippen molar-refractivity contribution in [1.82, 2.24) is 9.55 Å². The average molecular weight is 321 g/mol. The number of methoxy groups -OCH3 is 1. The second-order valence-corrected chi connectivity index (χ2v) is 5.09. The number of carbonyl (C=O) groups excluding carboxylic acids is 2. The Morgan fingerprint density at radius 2 is 1.75 bits per heavy atom. The number of hydrogen-bond donors (Lipinski definition) is 1. The first-order chi connectivity index (χ1) is 11.6. The van der Waals surface area contributed by atoms with Gasteiger partial charge in [-0.1, -0.05) is 42.5 Å². The number of hydrogen-bond acceptors (Lipinski definition) is 4. The Kier molecular flexibility index (Phi) is 4.11. The fraction of sp³-hybridized carbons (Fsp3) is 0.0556. The van der Waals surface area contributed by atoms with Crippen molar-refractivity contribution < 1.29 is 14.3 Å². The number of amides is 1. The second-order valence-electron chi connectivity index (χ2n) is 5.09. The van der Waals surface area contributed by atoms with E-state index in [1.807, 2.05) is 54.6 Å². The first-order valence-corrected chi connectivity index (χ1v) is 7.23. The Morgan fingerprint density at radius 3 is 2.42 bits per heavy atom. The number of nitrogens with zero attached hydrogens (tertiary/aromatic N) is 2. The van der Waals surface area contributed by atoms with Crippen LogP contribution < -0.4 is 5.73 Å². The Balaban J connectivity index is 2.10. The molecule has 6 nitrogen and oxygen atoms in total. The van der Waals surface area contributed by atoms with Crippen LogP contribution in [-0.2, 0) is 4.74 Å². The molecule has 0 saturated carbocycles. The van der Waals surface area contributed by atoms with Crippen LogP contribution in [-0.4, -0.2) is 28.5 Å². The number of benzene rings is 2. The van der Waals surface area contributed by atoms with E-state index in [0.29, 0.717) is 5.69 Å². The smallest absolute Gasteiger partial charge is 0.358 e. The highest BCUT2D eigenvalue weighted by Gasteiger charge is 2.19. The lowest BCUT2D eigenvalue weighted by Crippen LogP contribution is -2.17. The van der Waals surface area contributed by atoms with Crippen LogP contribution in [0.25, 0.3) is 16.8 Å². The average Bonchev–Trinajstić information content (AvgIpc) is 3.08. The van der Waals surface area contributed by atoms with Gasteiger partial charge in [-0.25, -0.2) is 9.78 Å². The van der Waals surface area contributed by atoms with Crippen molar-refractivity contribution in [2.45, 2.75) is 0 Å². The Bertz CT molecular complexity index is 901. The highest BCUT2D eigenvalue weighted by molar-refractivity contribution is 5.93. The predicted octanol–water partition coefficient (Wildman–Crippen LogP) is 2.42. The highest BCUT2D eigenvalue weighted by Crippen LogP contribution is 2.23. The summed E-state index contributed by atoms with van der Waals surface area (Å²) in [5, 5.41) is 0. The zero-order valence-corrected chi connectivity index (χ0v) is 13.0. The molecule has 2 N–H and O–H groups in total. The third kappa shape index (κ3) is 2.89. The lowest BCUT2D eigenvalue weighted by Gasteiger charge is -2.08. The summed E-state index contributed by atoms with van der Waals surface area (Å²) in [6.07, 6.45) is 1.44. The van der Waals surface area contributed by atoms with Crippen molar-refractivity contribution >= 4 is 11.9 Å². The van der Waals surface area contributed by atoms with E-state index in [4.69, 9.17) is 5.73 Å². The summed E-state index contributed by atoms with van der Waals surface area (Å²) < 4.78 is 6.13. The molecule has 0 bridgehead atoms. The fourth-order valence-electron chi connectivity index (χ4n) is 2.42. The number of primary amides is 1. The van der Waals surface area contributed by atoms with Crippen LogP contribution in [0.3, 0.4) is 0 Å². The topological polar surface area (TPSA) is 87.2 Å². The quantitative estimate of drug-likeness (QED) is 0.748. The van der Waals surface area contributed by atoms with E-state index >= 15 is 0 Å². The molecule has 0 spiro atoms. The van der Waals surface area contributed by atoms with Crippen LogP contribution in [0.1, 0.15) is 21.1 Å².